The highest BCUT2D eigenvalue weighted by Gasteiger charge is 2.18. The number of carbonyl (C=O) groups excluding carboxylic acids is 1. The van der Waals surface area contributed by atoms with Crippen LogP contribution in [0, 0.1) is 27.7 Å². The number of nitrogens with one attached hydrogen (secondary N) is 1. The van der Waals surface area contributed by atoms with Gasteiger partial charge in [0, 0.05) is 33.7 Å². The van der Waals surface area contributed by atoms with Crippen LogP contribution < -0.4 is 5.32 Å². The van der Waals surface area contributed by atoms with Gasteiger partial charge in [0.15, 0.2) is 0 Å². The SMILES string of the molecule is Cc1nn(Cc2cccc(Cl)c2)c(C)c1NC(=O)c1ccc2c(c1)c(C)c(C)n2Cc1ccccc1. The van der Waals surface area contributed by atoms with E-state index in [1.54, 1.807) is 0 Å². The van der Waals surface area contributed by atoms with Crippen molar-refractivity contribution in [2.45, 2.75) is 40.8 Å². The zero-order valence-corrected chi connectivity index (χ0v) is 21.7. The molecule has 0 atom stereocenters. The van der Waals surface area contributed by atoms with Gasteiger partial charge in [-0.3, -0.25) is 9.48 Å². The van der Waals surface area contributed by atoms with Crippen molar-refractivity contribution in [3.63, 3.8) is 0 Å². The summed E-state index contributed by atoms with van der Waals surface area (Å²) in [4.78, 5) is 13.3. The second kappa shape index (κ2) is 9.67. The number of hydrogen-bond donors (Lipinski definition) is 1. The number of aryl methyl sites for hydroxylation is 2. The summed E-state index contributed by atoms with van der Waals surface area (Å²) in [5.41, 5.74) is 8.90. The zero-order valence-electron chi connectivity index (χ0n) is 21.0. The Bertz CT molecular complexity index is 1580. The van der Waals surface area contributed by atoms with Gasteiger partial charge in [-0.2, -0.15) is 5.10 Å². The Labute approximate surface area is 216 Å². The lowest BCUT2D eigenvalue weighted by molar-refractivity contribution is 0.102. The van der Waals surface area contributed by atoms with Crippen LogP contribution in [0.3, 0.4) is 0 Å². The molecule has 182 valence electrons. The summed E-state index contributed by atoms with van der Waals surface area (Å²) in [6.07, 6.45) is 0. The molecule has 1 N–H and O–H groups in total. The number of nitrogens with zero attached hydrogens (tertiary/aromatic N) is 3. The summed E-state index contributed by atoms with van der Waals surface area (Å²) >= 11 is 6.14. The van der Waals surface area contributed by atoms with Crippen molar-refractivity contribution in [3.8, 4) is 0 Å². The lowest BCUT2D eigenvalue weighted by Gasteiger charge is -2.10. The predicted molar refractivity (Wildman–Crippen MR) is 147 cm³/mol. The molecule has 1 amide bonds. The topological polar surface area (TPSA) is 51.9 Å². The molecule has 0 aliphatic heterocycles. The van der Waals surface area contributed by atoms with Crippen LogP contribution in [0.25, 0.3) is 10.9 Å². The van der Waals surface area contributed by atoms with Crippen LogP contribution >= 0.6 is 11.6 Å². The van der Waals surface area contributed by atoms with Crippen LogP contribution in [0.4, 0.5) is 5.69 Å². The zero-order chi connectivity index (χ0) is 25.4. The molecule has 0 saturated carbocycles. The summed E-state index contributed by atoms with van der Waals surface area (Å²) in [5, 5.41) is 9.55. The molecule has 0 aliphatic carbocycles. The minimum Gasteiger partial charge on any atom is -0.340 e. The fourth-order valence-electron chi connectivity index (χ4n) is 4.79. The van der Waals surface area contributed by atoms with Crippen LogP contribution in [-0.4, -0.2) is 20.3 Å². The van der Waals surface area contributed by atoms with Crippen LogP contribution in [0.1, 0.15) is 44.1 Å². The second-order valence-electron chi connectivity index (χ2n) is 9.30. The van der Waals surface area contributed by atoms with E-state index >= 15 is 0 Å². The van der Waals surface area contributed by atoms with Crippen molar-refractivity contribution >= 4 is 34.1 Å². The molecule has 3 aromatic carbocycles. The van der Waals surface area contributed by atoms with Crippen LogP contribution in [0.5, 0.6) is 0 Å². The number of amides is 1. The highest BCUT2D eigenvalue weighted by atomic mass is 35.5. The summed E-state index contributed by atoms with van der Waals surface area (Å²) < 4.78 is 4.22. The van der Waals surface area contributed by atoms with Crippen molar-refractivity contribution < 1.29 is 4.79 Å². The van der Waals surface area contributed by atoms with Gasteiger partial charge in [0.1, 0.15) is 0 Å². The molecule has 5 rings (SSSR count). The van der Waals surface area contributed by atoms with Crippen molar-refractivity contribution in [1.82, 2.24) is 14.3 Å². The molecule has 36 heavy (non-hydrogen) atoms. The first kappa shape index (κ1) is 23.9. The van der Waals surface area contributed by atoms with Crippen LogP contribution in [-0.2, 0) is 13.1 Å². The Hall–Kier alpha value is -3.83. The monoisotopic (exact) mass is 496 g/mol. The summed E-state index contributed by atoms with van der Waals surface area (Å²) in [6.45, 7) is 9.53. The third-order valence-electron chi connectivity index (χ3n) is 6.93. The first-order chi connectivity index (χ1) is 17.3. The van der Waals surface area contributed by atoms with Gasteiger partial charge in [-0.15, -0.1) is 0 Å². The molecule has 5 aromatic rings. The summed E-state index contributed by atoms with van der Waals surface area (Å²) in [5.74, 6) is -0.140. The molecular weight excluding hydrogens is 468 g/mol. The highest BCUT2D eigenvalue weighted by Crippen LogP contribution is 2.28. The number of anilines is 1. The molecule has 5 nitrogen and oxygen atoms in total. The molecule has 0 aliphatic rings. The van der Waals surface area contributed by atoms with Gasteiger partial charge in [-0.25, -0.2) is 0 Å². The Morgan fingerprint density at radius 2 is 1.61 bits per heavy atom. The van der Waals surface area contributed by atoms with Crippen LogP contribution in [0.15, 0.2) is 72.8 Å². The maximum atomic E-state index is 13.3. The van der Waals surface area contributed by atoms with Gasteiger partial charge in [-0.1, -0.05) is 54.1 Å². The van der Waals surface area contributed by atoms with Crippen molar-refractivity contribution in [2.75, 3.05) is 5.32 Å². The van der Waals surface area contributed by atoms with Gasteiger partial charge >= 0.3 is 0 Å². The van der Waals surface area contributed by atoms with Crippen molar-refractivity contribution in [3.05, 3.63) is 117 Å². The molecule has 0 unspecified atom stereocenters. The minimum atomic E-state index is -0.140. The molecule has 0 fully saturated rings. The molecule has 6 heteroatoms. The largest absolute Gasteiger partial charge is 0.340 e. The van der Waals surface area contributed by atoms with Gasteiger partial charge in [0.05, 0.1) is 23.6 Å². The van der Waals surface area contributed by atoms with Gasteiger partial charge in [0.25, 0.3) is 5.91 Å². The Kier molecular flexibility index (Phi) is 6.42. The first-order valence-electron chi connectivity index (χ1n) is 12.0. The Morgan fingerprint density at radius 3 is 2.36 bits per heavy atom. The molecule has 2 heterocycles. The first-order valence-corrected chi connectivity index (χ1v) is 12.4. The van der Waals surface area contributed by atoms with E-state index in [9.17, 15) is 4.79 Å². The summed E-state index contributed by atoms with van der Waals surface area (Å²) in [6, 6.07) is 24.1. The Morgan fingerprint density at radius 1 is 0.861 bits per heavy atom. The van der Waals surface area contributed by atoms with Crippen LogP contribution in [0.2, 0.25) is 5.02 Å². The smallest absolute Gasteiger partial charge is 0.255 e. The fourth-order valence-corrected chi connectivity index (χ4v) is 5.00. The van der Waals surface area contributed by atoms with Crippen molar-refractivity contribution in [2.24, 2.45) is 0 Å². The number of halogens is 1. The fraction of sp³-hybridized carbons (Fsp3) is 0.200. The van der Waals surface area contributed by atoms with Gasteiger partial charge in [0.2, 0.25) is 0 Å². The van der Waals surface area contributed by atoms with E-state index in [4.69, 9.17) is 11.6 Å². The third-order valence-corrected chi connectivity index (χ3v) is 7.16. The van der Waals surface area contributed by atoms with E-state index < -0.39 is 0 Å². The number of aromatic nitrogens is 3. The van der Waals surface area contributed by atoms with Crippen molar-refractivity contribution in [1.29, 1.82) is 0 Å². The number of benzene rings is 3. The number of rotatable bonds is 6. The maximum absolute atomic E-state index is 13.3. The standard InChI is InChI=1S/C30H29ClN4O/c1-19-21(3)34(17-23-9-6-5-7-10-23)28-14-13-25(16-27(19)28)30(36)32-29-20(2)33-35(22(29)4)18-24-11-8-12-26(31)15-24/h5-16H,17-18H2,1-4H3,(H,32,36). The molecule has 2 aromatic heterocycles. The Balaban J connectivity index is 1.41. The molecule has 0 radical (unpaired) electrons. The molecular formula is C30H29ClN4O. The van der Waals surface area contributed by atoms with E-state index in [1.807, 2.05) is 61.0 Å². The van der Waals surface area contributed by atoms with Gasteiger partial charge < -0.3 is 9.88 Å². The molecule has 0 bridgehead atoms. The minimum absolute atomic E-state index is 0.140. The average molecular weight is 497 g/mol. The number of carbonyl (C=O) groups is 1. The molecule has 0 spiro atoms. The quantitative estimate of drug-likeness (QED) is 0.273. The number of hydrogen-bond acceptors (Lipinski definition) is 2. The number of fused-ring (bicyclic) bond motifs is 1. The normalized spacial score (nSPS) is 11.2. The van der Waals surface area contributed by atoms with E-state index in [0.29, 0.717) is 17.1 Å². The maximum Gasteiger partial charge on any atom is 0.255 e. The van der Waals surface area contributed by atoms with E-state index in [2.05, 4.69) is 59.2 Å². The van der Waals surface area contributed by atoms with E-state index in [1.165, 1.54) is 16.8 Å². The second-order valence-corrected chi connectivity index (χ2v) is 9.74. The lowest BCUT2D eigenvalue weighted by atomic mass is 10.1. The summed E-state index contributed by atoms with van der Waals surface area (Å²) in [7, 11) is 0. The highest BCUT2D eigenvalue weighted by molar-refractivity contribution is 6.30. The third kappa shape index (κ3) is 4.54. The van der Waals surface area contributed by atoms with Gasteiger partial charge in [-0.05, 0) is 74.7 Å². The van der Waals surface area contributed by atoms with E-state index in [0.717, 1.165) is 40.1 Å². The lowest BCUT2D eigenvalue weighted by Crippen LogP contribution is -2.13. The van der Waals surface area contributed by atoms with E-state index in [-0.39, 0.29) is 5.91 Å². The average Bonchev–Trinajstić information content (AvgIpc) is 3.26. The molecule has 0 saturated heterocycles. The predicted octanol–water partition coefficient (Wildman–Crippen LogP) is 7.07.